The minimum absolute atomic E-state index is 0.0629. The fourth-order valence-corrected chi connectivity index (χ4v) is 3.55. The molecule has 3 rings (SSSR count). The third kappa shape index (κ3) is 3.91. The van der Waals surface area contributed by atoms with Gasteiger partial charge < -0.3 is 15.0 Å². The van der Waals surface area contributed by atoms with Crippen molar-refractivity contribution in [3.8, 4) is 0 Å². The summed E-state index contributed by atoms with van der Waals surface area (Å²) in [5.41, 5.74) is 1.02. The lowest BCUT2D eigenvalue weighted by Gasteiger charge is -2.32. The molecule has 2 N–H and O–H groups in total. The third-order valence-corrected chi connectivity index (χ3v) is 4.81. The number of thioether (sulfide) groups is 1. The summed E-state index contributed by atoms with van der Waals surface area (Å²) in [6, 6.07) is 3.98. The van der Waals surface area contributed by atoms with Gasteiger partial charge in [0.1, 0.15) is 5.82 Å². The SMILES string of the molecule is CC1CN(c2ccc(CNC(=O)C3CSCN3)cn2)CCO1. The van der Waals surface area contributed by atoms with Crippen molar-refractivity contribution in [2.24, 2.45) is 0 Å². The Morgan fingerprint density at radius 2 is 2.50 bits per heavy atom. The topological polar surface area (TPSA) is 66.5 Å². The van der Waals surface area contributed by atoms with Crippen LogP contribution in [0.2, 0.25) is 0 Å². The smallest absolute Gasteiger partial charge is 0.238 e. The molecule has 1 aromatic heterocycles. The van der Waals surface area contributed by atoms with Crippen LogP contribution in [0.1, 0.15) is 12.5 Å². The summed E-state index contributed by atoms with van der Waals surface area (Å²) in [4.78, 5) is 18.7. The Hall–Kier alpha value is -1.31. The Balaban J connectivity index is 1.51. The molecule has 22 heavy (non-hydrogen) atoms. The van der Waals surface area contributed by atoms with Crippen molar-refractivity contribution in [1.29, 1.82) is 0 Å². The van der Waals surface area contributed by atoms with Gasteiger partial charge in [-0.25, -0.2) is 4.98 Å². The van der Waals surface area contributed by atoms with E-state index < -0.39 is 0 Å². The molecule has 7 heteroatoms. The van der Waals surface area contributed by atoms with Crippen LogP contribution in [0, 0.1) is 0 Å². The third-order valence-electron chi connectivity index (χ3n) is 3.87. The van der Waals surface area contributed by atoms with E-state index >= 15 is 0 Å². The Kier molecular flexibility index (Phi) is 5.17. The molecule has 2 unspecified atom stereocenters. The molecule has 6 nitrogen and oxygen atoms in total. The zero-order valence-corrected chi connectivity index (χ0v) is 13.6. The number of hydrogen-bond acceptors (Lipinski definition) is 6. The van der Waals surface area contributed by atoms with Crippen molar-refractivity contribution in [3.63, 3.8) is 0 Å². The molecule has 0 saturated carbocycles. The van der Waals surface area contributed by atoms with Crippen molar-refractivity contribution in [1.82, 2.24) is 15.6 Å². The predicted octanol–water partition coefficient (Wildman–Crippen LogP) is 0.585. The molecule has 3 heterocycles. The number of morpholine rings is 1. The molecule has 2 aliphatic rings. The quantitative estimate of drug-likeness (QED) is 0.846. The predicted molar refractivity (Wildman–Crippen MR) is 88.0 cm³/mol. The van der Waals surface area contributed by atoms with E-state index in [0.29, 0.717) is 6.54 Å². The maximum atomic E-state index is 11.9. The van der Waals surface area contributed by atoms with E-state index in [1.54, 1.807) is 11.8 Å². The number of anilines is 1. The summed E-state index contributed by atoms with van der Waals surface area (Å²) < 4.78 is 5.54. The van der Waals surface area contributed by atoms with E-state index in [4.69, 9.17) is 4.74 Å². The van der Waals surface area contributed by atoms with E-state index in [1.165, 1.54) is 0 Å². The van der Waals surface area contributed by atoms with Crippen LogP contribution in [0.15, 0.2) is 18.3 Å². The van der Waals surface area contributed by atoms with Crippen LogP contribution in [-0.2, 0) is 16.1 Å². The van der Waals surface area contributed by atoms with Crippen LogP contribution in [0.5, 0.6) is 0 Å². The van der Waals surface area contributed by atoms with Crippen LogP contribution < -0.4 is 15.5 Å². The number of amides is 1. The molecule has 0 bridgehead atoms. The lowest BCUT2D eigenvalue weighted by Crippen LogP contribution is -2.42. The number of pyridine rings is 1. The van der Waals surface area contributed by atoms with Crippen molar-refractivity contribution >= 4 is 23.5 Å². The fraction of sp³-hybridized carbons (Fsp3) is 0.600. The average Bonchev–Trinajstić information content (AvgIpc) is 3.08. The molecule has 2 atom stereocenters. The first-order chi connectivity index (χ1) is 10.7. The molecule has 2 saturated heterocycles. The van der Waals surface area contributed by atoms with Gasteiger partial charge in [0.15, 0.2) is 0 Å². The summed E-state index contributed by atoms with van der Waals surface area (Å²) >= 11 is 1.75. The summed E-state index contributed by atoms with van der Waals surface area (Å²) in [5.74, 6) is 2.74. The molecular formula is C15H22N4O2S. The van der Waals surface area contributed by atoms with E-state index in [2.05, 4.69) is 27.4 Å². The fourth-order valence-electron chi connectivity index (χ4n) is 2.61. The summed E-state index contributed by atoms with van der Waals surface area (Å²) in [6.45, 7) is 5.08. The van der Waals surface area contributed by atoms with Gasteiger partial charge in [0, 0.05) is 37.5 Å². The first kappa shape index (κ1) is 15.6. The molecule has 0 aromatic carbocycles. The monoisotopic (exact) mass is 322 g/mol. The lowest BCUT2D eigenvalue weighted by atomic mass is 10.2. The Bertz CT molecular complexity index is 505. The van der Waals surface area contributed by atoms with Crippen LogP contribution in [0.4, 0.5) is 5.82 Å². The van der Waals surface area contributed by atoms with Crippen LogP contribution in [-0.4, -0.2) is 54.4 Å². The van der Waals surface area contributed by atoms with E-state index in [1.807, 2.05) is 18.3 Å². The standard InChI is InChI=1S/C15H22N4O2S/c1-11-8-19(4-5-21-11)14-3-2-12(6-16-14)7-17-15(20)13-9-22-10-18-13/h2-3,6,11,13,18H,4-5,7-10H2,1H3,(H,17,20). The van der Waals surface area contributed by atoms with E-state index in [9.17, 15) is 4.79 Å². The minimum atomic E-state index is -0.0629. The number of rotatable bonds is 4. The summed E-state index contributed by atoms with van der Waals surface area (Å²) in [7, 11) is 0. The van der Waals surface area contributed by atoms with Gasteiger partial charge in [-0.2, -0.15) is 0 Å². The lowest BCUT2D eigenvalue weighted by molar-refractivity contribution is -0.122. The largest absolute Gasteiger partial charge is 0.375 e. The van der Waals surface area contributed by atoms with Crippen molar-refractivity contribution in [2.45, 2.75) is 25.6 Å². The highest BCUT2D eigenvalue weighted by atomic mass is 32.2. The first-order valence-electron chi connectivity index (χ1n) is 7.62. The molecular weight excluding hydrogens is 300 g/mol. The van der Waals surface area contributed by atoms with Gasteiger partial charge in [-0.1, -0.05) is 6.07 Å². The molecule has 0 aliphatic carbocycles. The number of nitrogens with zero attached hydrogens (tertiary/aromatic N) is 2. The van der Waals surface area contributed by atoms with E-state index in [-0.39, 0.29) is 18.1 Å². The van der Waals surface area contributed by atoms with Gasteiger partial charge in [-0.3, -0.25) is 10.1 Å². The van der Waals surface area contributed by atoms with Crippen molar-refractivity contribution in [3.05, 3.63) is 23.9 Å². The van der Waals surface area contributed by atoms with Gasteiger partial charge in [0.25, 0.3) is 0 Å². The van der Waals surface area contributed by atoms with Gasteiger partial charge in [-0.15, -0.1) is 11.8 Å². The zero-order chi connectivity index (χ0) is 15.4. The number of aromatic nitrogens is 1. The van der Waals surface area contributed by atoms with Gasteiger partial charge in [0.2, 0.25) is 5.91 Å². The van der Waals surface area contributed by atoms with Crippen LogP contribution >= 0.6 is 11.8 Å². The molecule has 2 aliphatic heterocycles. The second kappa shape index (κ2) is 7.30. The number of carbonyl (C=O) groups excluding carboxylic acids is 1. The van der Waals surface area contributed by atoms with Gasteiger partial charge >= 0.3 is 0 Å². The van der Waals surface area contributed by atoms with Crippen LogP contribution in [0.3, 0.4) is 0 Å². The highest BCUT2D eigenvalue weighted by Gasteiger charge is 2.22. The molecule has 1 amide bonds. The molecule has 120 valence electrons. The number of carbonyl (C=O) groups is 1. The zero-order valence-electron chi connectivity index (χ0n) is 12.7. The highest BCUT2D eigenvalue weighted by Crippen LogP contribution is 2.15. The second-order valence-corrected chi connectivity index (χ2v) is 6.67. The maximum Gasteiger partial charge on any atom is 0.238 e. The van der Waals surface area contributed by atoms with Crippen molar-refractivity contribution < 1.29 is 9.53 Å². The maximum absolute atomic E-state index is 11.9. The van der Waals surface area contributed by atoms with Crippen LogP contribution in [0.25, 0.3) is 0 Å². The van der Waals surface area contributed by atoms with Gasteiger partial charge in [-0.05, 0) is 18.6 Å². The van der Waals surface area contributed by atoms with Gasteiger partial charge in [0.05, 0.1) is 18.8 Å². The number of hydrogen-bond donors (Lipinski definition) is 2. The minimum Gasteiger partial charge on any atom is -0.375 e. The number of ether oxygens (including phenoxy) is 1. The number of nitrogens with one attached hydrogen (secondary N) is 2. The van der Waals surface area contributed by atoms with E-state index in [0.717, 1.165) is 42.7 Å². The normalized spacial score (nSPS) is 25.2. The average molecular weight is 322 g/mol. The molecule has 1 aromatic rings. The molecule has 2 fully saturated rings. The summed E-state index contributed by atoms with van der Waals surface area (Å²) in [5, 5.41) is 6.12. The van der Waals surface area contributed by atoms with Crippen molar-refractivity contribution in [2.75, 3.05) is 36.2 Å². The summed E-state index contributed by atoms with van der Waals surface area (Å²) in [6.07, 6.45) is 2.08. The Labute approximate surface area is 135 Å². The molecule has 0 spiro atoms. The Morgan fingerprint density at radius 3 is 3.18 bits per heavy atom. The first-order valence-corrected chi connectivity index (χ1v) is 8.78. The molecule has 0 radical (unpaired) electrons. The highest BCUT2D eigenvalue weighted by molar-refractivity contribution is 7.99. The Morgan fingerprint density at radius 1 is 1.59 bits per heavy atom. The second-order valence-electron chi connectivity index (χ2n) is 5.64.